The van der Waals surface area contributed by atoms with Crippen molar-refractivity contribution in [3.05, 3.63) is 47.8 Å². The Balaban J connectivity index is 1.16. The SMILES string of the molecule is CCc1nc2cc(F)ccc2n1C1CCN(C(=O)C2CCN(Cc3cnc(N)nc3)CC2)CC1. The van der Waals surface area contributed by atoms with Crippen LogP contribution in [-0.4, -0.2) is 61.4 Å². The largest absolute Gasteiger partial charge is 0.368 e. The first kappa shape index (κ1) is 22.7. The van der Waals surface area contributed by atoms with E-state index in [1.54, 1.807) is 12.4 Å². The maximum atomic E-state index is 13.7. The van der Waals surface area contributed by atoms with E-state index in [1.807, 2.05) is 6.07 Å². The molecule has 2 aliphatic rings. The van der Waals surface area contributed by atoms with Gasteiger partial charge >= 0.3 is 0 Å². The Morgan fingerprint density at radius 2 is 1.79 bits per heavy atom. The molecule has 0 spiro atoms. The third-order valence-electron chi connectivity index (χ3n) is 7.25. The van der Waals surface area contributed by atoms with Gasteiger partial charge in [0.05, 0.1) is 11.0 Å². The Kier molecular flexibility index (Phi) is 6.45. The molecule has 2 fully saturated rings. The van der Waals surface area contributed by atoms with Gasteiger partial charge in [0.25, 0.3) is 0 Å². The molecule has 0 atom stereocenters. The van der Waals surface area contributed by atoms with Crippen molar-refractivity contribution in [1.29, 1.82) is 0 Å². The molecular weight excluding hydrogens is 433 g/mol. The van der Waals surface area contributed by atoms with Crippen molar-refractivity contribution in [1.82, 2.24) is 29.3 Å². The number of aryl methyl sites for hydroxylation is 1. The van der Waals surface area contributed by atoms with Crippen molar-refractivity contribution in [2.75, 3.05) is 31.9 Å². The number of nitrogens with zero attached hydrogens (tertiary/aromatic N) is 6. The molecule has 1 aromatic carbocycles. The number of hydrogen-bond acceptors (Lipinski definition) is 6. The summed E-state index contributed by atoms with van der Waals surface area (Å²) in [5, 5.41) is 0. The van der Waals surface area contributed by atoms with Crippen LogP contribution < -0.4 is 5.73 Å². The van der Waals surface area contributed by atoms with E-state index in [1.165, 1.54) is 12.1 Å². The molecule has 0 bridgehead atoms. The maximum absolute atomic E-state index is 13.7. The van der Waals surface area contributed by atoms with Gasteiger partial charge in [0, 0.05) is 62.0 Å². The van der Waals surface area contributed by atoms with Crippen LogP contribution in [0.15, 0.2) is 30.6 Å². The lowest BCUT2D eigenvalue weighted by molar-refractivity contribution is -0.138. The molecule has 3 aromatic rings. The zero-order valence-corrected chi connectivity index (χ0v) is 19.7. The molecule has 2 N–H and O–H groups in total. The third kappa shape index (κ3) is 4.61. The molecule has 2 aromatic heterocycles. The molecule has 34 heavy (non-hydrogen) atoms. The van der Waals surface area contributed by atoms with Crippen molar-refractivity contribution in [3.8, 4) is 0 Å². The number of likely N-dealkylation sites (tertiary alicyclic amines) is 2. The molecule has 2 saturated heterocycles. The topological polar surface area (TPSA) is 93.2 Å². The second-order valence-electron chi connectivity index (χ2n) is 9.44. The van der Waals surface area contributed by atoms with E-state index in [-0.39, 0.29) is 17.7 Å². The first-order valence-electron chi connectivity index (χ1n) is 12.3. The second-order valence-corrected chi connectivity index (χ2v) is 9.44. The van der Waals surface area contributed by atoms with E-state index in [9.17, 15) is 9.18 Å². The Hall–Kier alpha value is -3.07. The van der Waals surface area contributed by atoms with Gasteiger partial charge in [0.1, 0.15) is 11.6 Å². The molecule has 0 radical (unpaired) electrons. The minimum Gasteiger partial charge on any atom is -0.368 e. The molecule has 9 heteroatoms. The van der Waals surface area contributed by atoms with Crippen LogP contribution in [0.5, 0.6) is 0 Å². The fourth-order valence-electron chi connectivity index (χ4n) is 5.42. The molecular formula is C25H32FN7O. The van der Waals surface area contributed by atoms with Gasteiger partial charge in [-0.2, -0.15) is 0 Å². The monoisotopic (exact) mass is 465 g/mol. The van der Waals surface area contributed by atoms with Crippen LogP contribution in [-0.2, 0) is 17.8 Å². The second kappa shape index (κ2) is 9.66. The van der Waals surface area contributed by atoms with Gasteiger partial charge in [0.2, 0.25) is 11.9 Å². The lowest BCUT2D eigenvalue weighted by Gasteiger charge is -2.38. The third-order valence-corrected chi connectivity index (χ3v) is 7.25. The number of carbonyl (C=O) groups is 1. The number of fused-ring (bicyclic) bond motifs is 1. The molecule has 4 heterocycles. The number of piperidine rings is 2. The summed E-state index contributed by atoms with van der Waals surface area (Å²) < 4.78 is 16.0. The number of anilines is 1. The van der Waals surface area contributed by atoms with Crippen molar-refractivity contribution >= 4 is 22.9 Å². The number of halogens is 1. The van der Waals surface area contributed by atoms with Crippen molar-refractivity contribution in [3.63, 3.8) is 0 Å². The summed E-state index contributed by atoms with van der Waals surface area (Å²) in [6, 6.07) is 5.14. The summed E-state index contributed by atoms with van der Waals surface area (Å²) in [4.78, 5) is 30.4. The number of amides is 1. The number of aromatic nitrogens is 4. The van der Waals surface area contributed by atoms with E-state index in [0.717, 1.165) is 81.7 Å². The van der Waals surface area contributed by atoms with Gasteiger partial charge in [-0.25, -0.2) is 19.3 Å². The van der Waals surface area contributed by atoms with Crippen LogP contribution in [0.4, 0.5) is 10.3 Å². The number of hydrogen-bond donors (Lipinski definition) is 1. The lowest BCUT2D eigenvalue weighted by Crippen LogP contribution is -2.45. The summed E-state index contributed by atoms with van der Waals surface area (Å²) in [7, 11) is 0. The first-order chi connectivity index (χ1) is 16.5. The summed E-state index contributed by atoms with van der Waals surface area (Å²) >= 11 is 0. The van der Waals surface area contributed by atoms with E-state index >= 15 is 0 Å². The highest BCUT2D eigenvalue weighted by atomic mass is 19.1. The highest BCUT2D eigenvalue weighted by Crippen LogP contribution is 2.31. The number of rotatable bonds is 5. The van der Waals surface area contributed by atoms with E-state index < -0.39 is 0 Å². The van der Waals surface area contributed by atoms with Crippen LogP contribution >= 0.6 is 0 Å². The number of carbonyl (C=O) groups excluding carboxylic acids is 1. The van der Waals surface area contributed by atoms with Crippen molar-refractivity contribution in [2.45, 2.75) is 51.6 Å². The predicted molar refractivity (Wildman–Crippen MR) is 128 cm³/mol. The Bertz CT molecular complexity index is 1150. The van der Waals surface area contributed by atoms with Crippen LogP contribution in [0, 0.1) is 11.7 Å². The number of imidazole rings is 1. The highest BCUT2D eigenvalue weighted by molar-refractivity contribution is 5.79. The van der Waals surface area contributed by atoms with Gasteiger partial charge in [-0.15, -0.1) is 0 Å². The minimum absolute atomic E-state index is 0.0960. The van der Waals surface area contributed by atoms with Gasteiger partial charge in [-0.1, -0.05) is 6.92 Å². The van der Waals surface area contributed by atoms with Crippen molar-refractivity contribution < 1.29 is 9.18 Å². The molecule has 1 amide bonds. The quantitative estimate of drug-likeness (QED) is 0.622. The standard InChI is InChI=1S/C25H32FN7O/c1-2-23-30-21-13-19(26)3-4-22(21)33(23)20-7-11-32(12-8-20)24(34)18-5-9-31(10-6-18)16-17-14-28-25(27)29-15-17/h3-4,13-15,18,20H,2,5-12,16H2,1H3,(H2,27,28,29). The number of benzene rings is 1. The zero-order valence-electron chi connectivity index (χ0n) is 19.7. The Labute approximate surface area is 199 Å². The fourth-order valence-corrected chi connectivity index (χ4v) is 5.42. The van der Waals surface area contributed by atoms with Crippen LogP contribution in [0.25, 0.3) is 11.0 Å². The van der Waals surface area contributed by atoms with Crippen LogP contribution in [0.3, 0.4) is 0 Å². The van der Waals surface area contributed by atoms with Gasteiger partial charge in [-0.05, 0) is 50.9 Å². The van der Waals surface area contributed by atoms with Gasteiger partial charge in [-0.3, -0.25) is 9.69 Å². The molecule has 180 valence electrons. The van der Waals surface area contributed by atoms with Gasteiger partial charge < -0.3 is 15.2 Å². The van der Waals surface area contributed by atoms with Crippen molar-refractivity contribution in [2.24, 2.45) is 5.92 Å². The zero-order chi connectivity index (χ0) is 23.7. The van der Waals surface area contributed by atoms with Gasteiger partial charge in [0.15, 0.2) is 0 Å². The molecule has 2 aliphatic heterocycles. The average molecular weight is 466 g/mol. The lowest BCUT2D eigenvalue weighted by atomic mass is 9.93. The minimum atomic E-state index is -0.256. The van der Waals surface area contributed by atoms with Crippen LogP contribution in [0.1, 0.15) is 50.0 Å². The van der Waals surface area contributed by atoms with E-state index in [2.05, 4.69) is 36.2 Å². The summed E-state index contributed by atoms with van der Waals surface area (Å²) in [5.41, 5.74) is 8.31. The normalized spacial score (nSPS) is 18.6. The molecule has 0 aliphatic carbocycles. The molecule has 8 nitrogen and oxygen atoms in total. The van der Waals surface area contributed by atoms with E-state index in [4.69, 9.17) is 5.73 Å². The number of nitrogen functional groups attached to an aromatic ring is 1. The average Bonchev–Trinajstić information content (AvgIpc) is 3.23. The maximum Gasteiger partial charge on any atom is 0.225 e. The summed E-state index contributed by atoms with van der Waals surface area (Å²) in [6.45, 7) is 6.19. The molecule has 0 saturated carbocycles. The molecule has 0 unspecified atom stereocenters. The van der Waals surface area contributed by atoms with E-state index in [0.29, 0.717) is 17.5 Å². The predicted octanol–water partition coefficient (Wildman–Crippen LogP) is 3.19. The fraction of sp³-hybridized carbons (Fsp3) is 0.520. The first-order valence-corrected chi connectivity index (χ1v) is 12.3. The van der Waals surface area contributed by atoms with Crippen LogP contribution in [0.2, 0.25) is 0 Å². The summed E-state index contributed by atoms with van der Waals surface area (Å²) in [6.07, 6.45) is 7.91. The number of nitrogens with two attached hydrogens (primary N) is 1. The Morgan fingerprint density at radius 3 is 2.47 bits per heavy atom. The molecule has 5 rings (SSSR count). The Morgan fingerprint density at radius 1 is 1.09 bits per heavy atom. The highest BCUT2D eigenvalue weighted by Gasteiger charge is 2.32. The smallest absolute Gasteiger partial charge is 0.225 e. The summed E-state index contributed by atoms with van der Waals surface area (Å²) in [5.74, 6) is 1.41.